The number of aromatic nitrogens is 3. The van der Waals surface area contributed by atoms with Crippen molar-refractivity contribution in [2.45, 2.75) is 57.7 Å². The van der Waals surface area contributed by atoms with Crippen LogP contribution in [0, 0.1) is 0 Å². The van der Waals surface area contributed by atoms with E-state index in [4.69, 9.17) is 0 Å². The zero-order valence-corrected chi connectivity index (χ0v) is 13.9. The SMILES string of the molecule is C=CCC1C=C(C)CC(CC=C)N1C(=O)CCCn1cncn1. The minimum absolute atomic E-state index is 0.116. The normalized spacial score (nSPS) is 20.9. The van der Waals surface area contributed by atoms with Crippen LogP contribution < -0.4 is 0 Å². The highest BCUT2D eigenvalue weighted by Gasteiger charge is 2.31. The van der Waals surface area contributed by atoms with Crippen LogP contribution in [0.3, 0.4) is 0 Å². The van der Waals surface area contributed by atoms with E-state index < -0.39 is 0 Å². The second kappa shape index (κ2) is 8.46. The Bertz CT molecular complexity index is 562. The molecule has 1 aromatic rings. The number of rotatable bonds is 8. The van der Waals surface area contributed by atoms with Gasteiger partial charge in [-0.05, 0) is 32.6 Å². The van der Waals surface area contributed by atoms with E-state index in [1.54, 1.807) is 11.0 Å². The molecule has 1 aromatic heterocycles. The highest BCUT2D eigenvalue weighted by atomic mass is 16.2. The van der Waals surface area contributed by atoms with Gasteiger partial charge in [0.1, 0.15) is 12.7 Å². The molecule has 2 rings (SSSR count). The van der Waals surface area contributed by atoms with Crippen LogP contribution in [0.25, 0.3) is 0 Å². The van der Waals surface area contributed by atoms with Gasteiger partial charge < -0.3 is 4.90 Å². The van der Waals surface area contributed by atoms with Gasteiger partial charge in [-0.15, -0.1) is 13.2 Å². The lowest BCUT2D eigenvalue weighted by atomic mass is 9.92. The third-order valence-electron chi connectivity index (χ3n) is 4.16. The van der Waals surface area contributed by atoms with Gasteiger partial charge in [-0.1, -0.05) is 23.8 Å². The van der Waals surface area contributed by atoms with Crippen molar-refractivity contribution in [2.75, 3.05) is 0 Å². The molecular formula is C18H26N4O. The van der Waals surface area contributed by atoms with E-state index in [-0.39, 0.29) is 18.0 Å². The standard InChI is InChI=1S/C18H26N4O/c1-4-7-16-11-15(3)12-17(8-5-2)22(16)18(23)9-6-10-21-14-19-13-20-21/h4-5,11,13-14,16-17H,1-2,6-10,12H2,3H3. The number of carbonyl (C=O) groups is 1. The lowest BCUT2D eigenvalue weighted by Crippen LogP contribution is -2.48. The summed E-state index contributed by atoms with van der Waals surface area (Å²) in [7, 11) is 0. The van der Waals surface area contributed by atoms with E-state index in [9.17, 15) is 4.79 Å². The first kappa shape index (κ1) is 17.2. The second-order valence-electron chi connectivity index (χ2n) is 6.05. The first-order chi connectivity index (χ1) is 11.2. The molecule has 0 aliphatic carbocycles. The Morgan fingerprint density at radius 1 is 1.39 bits per heavy atom. The van der Waals surface area contributed by atoms with Gasteiger partial charge in [0.2, 0.25) is 5.91 Å². The summed E-state index contributed by atoms with van der Waals surface area (Å²) in [5.41, 5.74) is 1.34. The lowest BCUT2D eigenvalue weighted by molar-refractivity contribution is -0.135. The van der Waals surface area contributed by atoms with E-state index >= 15 is 0 Å². The molecule has 23 heavy (non-hydrogen) atoms. The molecule has 0 saturated carbocycles. The molecule has 1 aliphatic heterocycles. The minimum atomic E-state index is 0.116. The Labute approximate surface area is 138 Å². The molecule has 5 heteroatoms. The molecular weight excluding hydrogens is 288 g/mol. The Balaban J connectivity index is 2.02. The first-order valence-electron chi connectivity index (χ1n) is 8.18. The van der Waals surface area contributed by atoms with Crippen LogP contribution in [0.2, 0.25) is 0 Å². The fraction of sp³-hybridized carbons (Fsp3) is 0.500. The fourth-order valence-corrected chi connectivity index (χ4v) is 3.22. The topological polar surface area (TPSA) is 51.0 Å². The molecule has 0 saturated heterocycles. The van der Waals surface area contributed by atoms with Gasteiger partial charge in [0.15, 0.2) is 0 Å². The first-order valence-corrected chi connectivity index (χ1v) is 8.18. The van der Waals surface area contributed by atoms with Crippen molar-refractivity contribution in [1.29, 1.82) is 0 Å². The van der Waals surface area contributed by atoms with Crippen molar-refractivity contribution >= 4 is 5.91 Å². The Hall–Kier alpha value is -2.17. The summed E-state index contributed by atoms with van der Waals surface area (Å²) in [6.45, 7) is 10.5. The molecule has 2 unspecified atom stereocenters. The van der Waals surface area contributed by atoms with Crippen LogP contribution in [0.4, 0.5) is 0 Å². The van der Waals surface area contributed by atoms with Crippen molar-refractivity contribution in [1.82, 2.24) is 19.7 Å². The maximum Gasteiger partial charge on any atom is 0.223 e. The van der Waals surface area contributed by atoms with Crippen LogP contribution in [0.5, 0.6) is 0 Å². The van der Waals surface area contributed by atoms with Gasteiger partial charge in [0.05, 0.1) is 6.04 Å². The maximum atomic E-state index is 12.8. The highest BCUT2D eigenvalue weighted by Crippen LogP contribution is 2.27. The zero-order valence-electron chi connectivity index (χ0n) is 13.9. The summed E-state index contributed by atoms with van der Waals surface area (Å²) < 4.78 is 1.76. The Morgan fingerprint density at radius 2 is 2.17 bits per heavy atom. The zero-order chi connectivity index (χ0) is 16.7. The molecule has 0 bridgehead atoms. The van der Waals surface area contributed by atoms with E-state index in [1.807, 2.05) is 17.1 Å². The lowest BCUT2D eigenvalue weighted by Gasteiger charge is -2.40. The van der Waals surface area contributed by atoms with E-state index in [1.165, 1.54) is 11.9 Å². The van der Waals surface area contributed by atoms with Crippen LogP contribution in [-0.4, -0.2) is 37.7 Å². The molecule has 5 nitrogen and oxygen atoms in total. The van der Waals surface area contributed by atoms with Crippen molar-refractivity contribution < 1.29 is 4.79 Å². The van der Waals surface area contributed by atoms with Gasteiger partial charge >= 0.3 is 0 Å². The second-order valence-corrected chi connectivity index (χ2v) is 6.05. The molecule has 0 N–H and O–H groups in total. The molecule has 124 valence electrons. The van der Waals surface area contributed by atoms with Crippen molar-refractivity contribution in [3.8, 4) is 0 Å². The quantitative estimate of drug-likeness (QED) is 0.693. The average molecular weight is 314 g/mol. The monoisotopic (exact) mass is 314 g/mol. The molecule has 2 atom stereocenters. The van der Waals surface area contributed by atoms with Gasteiger partial charge in [-0.25, -0.2) is 4.98 Å². The number of carbonyl (C=O) groups excluding carboxylic acids is 1. The predicted molar refractivity (Wildman–Crippen MR) is 91.7 cm³/mol. The van der Waals surface area contributed by atoms with Crippen molar-refractivity contribution in [3.63, 3.8) is 0 Å². The summed E-state index contributed by atoms with van der Waals surface area (Å²) in [6, 6.07) is 0.325. The highest BCUT2D eigenvalue weighted by molar-refractivity contribution is 5.77. The van der Waals surface area contributed by atoms with E-state index in [0.29, 0.717) is 13.0 Å². The summed E-state index contributed by atoms with van der Waals surface area (Å²) in [5.74, 6) is 0.201. The number of nitrogens with zero attached hydrogens (tertiary/aromatic N) is 4. The summed E-state index contributed by atoms with van der Waals surface area (Å²) in [6.07, 6.45) is 13.0. The number of aryl methyl sites for hydroxylation is 1. The van der Waals surface area contributed by atoms with Gasteiger partial charge in [-0.2, -0.15) is 5.10 Å². The van der Waals surface area contributed by atoms with Gasteiger partial charge in [-0.3, -0.25) is 9.48 Å². The molecule has 1 aliphatic rings. The van der Waals surface area contributed by atoms with Crippen molar-refractivity contribution in [3.05, 3.63) is 49.6 Å². The third kappa shape index (κ3) is 4.65. The number of amides is 1. The number of hydrogen-bond donors (Lipinski definition) is 0. The summed E-state index contributed by atoms with van der Waals surface area (Å²) >= 11 is 0. The molecule has 0 aromatic carbocycles. The molecule has 0 spiro atoms. The molecule has 2 heterocycles. The fourth-order valence-electron chi connectivity index (χ4n) is 3.22. The molecule has 1 amide bonds. The minimum Gasteiger partial charge on any atom is -0.332 e. The van der Waals surface area contributed by atoms with Gasteiger partial charge in [0, 0.05) is 19.0 Å². The molecule has 0 fully saturated rings. The smallest absolute Gasteiger partial charge is 0.223 e. The summed E-state index contributed by atoms with van der Waals surface area (Å²) in [4.78, 5) is 18.7. The van der Waals surface area contributed by atoms with Crippen LogP contribution in [-0.2, 0) is 11.3 Å². The predicted octanol–water partition coefficient (Wildman–Crippen LogP) is 3.13. The largest absolute Gasteiger partial charge is 0.332 e. The van der Waals surface area contributed by atoms with E-state index in [2.05, 4.69) is 36.2 Å². The Morgan fingerprint density at radius 3 is 2.83 bits per heavy atom. The summed E-state index contributed by atoms with van der Waals surface area (Å²) in [5, 5.41) is 4.07. The van der Waals surface area contributed by atoms with Crippen LogP contribution in [0.15, 0.2) is 49.6 Å². The maximum absolute atomic E-state index is 12.8. The number of hydrogen-bond acceptors (Lipinski definition) is 3. The average Bonchev–Trinajstić information content (AvgIpc) is 3.00. The van der Waals surface area contributed by atoms with Crippen molar-refractivity contribution in [2.24, 2.45) is 0 Å². The van der Waals surface area contributed by atoms with Gasteiger partial charge in [0.25, 0.3) is 0 Å². The third-order valence-corrected chi connectivity index (χ3v) is 4.16. The van der Waals surface area contributed by atoms with E-state index in [0.717, 1.165) is 25.7 Å². The Kier molecular flexibility index (Phi) is 6.32. The van der Waals surface area contributed by atoms with Crippen LogP contribution in [0.1, 0.15) is 39.0 Å². The van der Waals surface area contributed by atoms with Crippen LogP contribution >= 0.6 is 0 Å². The molecule has 0 radical (unpaired) electrons.